The van der Waals surface area contributed by atoms with Gasteiger partial charge in [-0.05, 0) is 38.9 Å². The smallest absolute Gasteiger partial charge is 0.290 e. The van der Waals surface area contributed by atoms with Gasteiger partial charge in [0.05, 0.1) is 5.92 Å². The van der Waals surface area contributed by atoms with E-state index in [1.807, 2.05) is 7.05 Å². The van der Waals surface area contributed by atoms with E-state index in [4.69, 9.17) is 9.90 Å². The molecule has 0 saturated carbocycles. The summed E-state index contributed by atoms with van der Waals surface area (Å²) in [5.41, 5.74) is 0. The van der Waals surface area contributed by atoms with Crippen LogP contribution in [-0.2, 0) is 14.4 Å². The number of hydrogen-bond acceptors (Lipinski definition) is 7. The van der Waals surface area contributed by atoms with Crippen LogP contribution in [-0.4, -0.2) is 83.2 Å². The Morgan fingerprint density at radius 3 is 2.48 bits per heavy atom. The molecule has 3 heterocycles. The van der Waals surface area contributed by atoms with Crippen molar-refractivity contribution < 1.29 is 19.5 Å². The Hall–Kier alpha value is -2.07. The van der Waals surface area contributed by atoms with E-state index in [0.717, 1.165) is 24.5 Å². The number of aromatic nitrogens is 2. The maximum absolute atomic E-state index is 12.8. The van der Waals surface area contributed by atoms with Crippen LogP contribution in [0.5, 0.6) is 0 Å². The summed E-state index contributed by atoms with van der Waals surface area (Å²) in [6.45, 7) is 8.45. The summed E-state index contributed by atoms with van der Waals surface area (Å²) in [6, 6.07) is 0. The first kappa shape index (κ1) is 25.2. The number of nitrogens with zero attached hydrogens (tertiary/aromatic N) is 5. The highest BCUT2D eigenvalue weighted by molar-refractivity contribution is 7.15. The number of carbonyl (C=O) groups is 3. The van der Waals surface area contributed by atoms with Crippen molar-refractivity contribution in [3.8, 4) is 0 Å². The molecule has 1 atom stereocenters. The molecule has 1 aromatic heterocycles. The zero-order chi connectivity index (χ0) is 22.8. The molecular weight excluding hydrogens is 418 g/mol. The summed E-state index contributed by atoms with van der Waals surface area (Å²) in [5.74, 6) is 0.0573. The van der Waals surface area contributed by atoms with Crippen molar-refractivity contribution in [2.75, 3.05) is 44.7 Å². The summed E-state index contributed by atoms with van der Waals surface area (Å²) in [6.07, 6.45) is 6.52. The maximum Gasteiger partial charge on any atom is 0.290 e. The van der Waals surface area contributed by atoms with Crippen molar-refractivity contribution in [1.82, 2.24) is 20.0 Å². The summed E-state index contributed by atoms with van der Waals surface area (Å²) >= 11 is 1.45. The Labute approximate surface area is 188 Å². The van der Waals surface area contributed by atoms with E-state index in [1.165, 1.54) is 50.1 Å². The first-order valence-corrected chi connectivity index (χ1v) is 11.9. The monoisotopic (exact) mass is 453 g/mol. The molecule has 1 unspecified atom stereocenters. The molecule has 2 fully saturated rings. The summed E-state index contributed by atoms with van der Waals surface area (Å²) in [4.78, 5) is 39.6. The third-order valence-corrected chi connectivity index (χ3v) is 6.92. The van der Waals surface area contributed by atoms with Crippen molar-refractivity contribution >= 4 is 34.8 Å². The van der Waals surface area contributed by atoms with Crippen LogP contribution in [0.25, 0.3) is 0 Å². The zero-order valence-corrected chi connectivity index (χ0v) is 19.6. The molecule has 2 saturated heterocycles. The number of carbonyl (C=O) groups excluding carboxylic acids is 2. The van der Waals surface area contributed by atoms with E-state index < -0.39 is 0 Å². The number of likely N-dealkylation sites (tertiary alicyclic amines) is 1. The van der Waals surface area contributed by atoms with Gasteiger partial charge in [0, 0.05) is 32.5 Å². The molecular formula is C21H35N5O4S. The molecule has 9 nitrogen and oxygen atoms in total. The van der Waals surface area contributed by atoms with E-state index >= 15 is 0 Å². The largest absolute Gasteiger partial charge is 0.483 e. The van der Waals surface area contributed by atoms with Crippen LogP contribution in [0.1, 0.15) is 63.3 Å². The molecule has 31 heavy (non-hydrogen) atoms. The highest BCUT2D eigenvalue weighted by Gasteiger charge is 2.38. The van der Waals surface area contributed by atoms with E-state index in [2.05, 4.69) is 28.9 Å². The van der Waals surface area contributed by atoms with Crippen LogP contribution in [0.4, 0.5) is 5.13 Å². The van der Waals surface area contributed by atoms with Gasteiger partial charge in [-0.25, -0.2) is 0 Å². The minimum Gasteiger partial charge on any atom is -0.483 e. The van der Waals surface area contributed by atoms with Crippen molar-refractivity contribution in [2.24, 2.45) is 5.92 Å². The first-order chi connectivity index (χ1) is 14.9. The number of carboxylic acid groups (broad SMARTS) is 1. The molecule has 2 aliphatic heterocycles. The van der Waals surface area contributed by atoms with Gasteiger partial charge < -0.3 is 14.9 Å². The summed E-state index contributed by atoms with van der Waals surface area (Å²) in [7, 11) is 1.86. The zero-order valence-electron chi connectivity index (χ0n) is 18.8. The quantitative estimate of drug-likeness (QED) is 0.632. The van der Waals surface area contributed by atoms with Gasteiger partial charge in [0.2, 0.25) is 16.9 Å². The lowest BCUT2D eigenvalue weighted by Crippen LogP contribution is -2.36. The normalized spacial score (nSPS) is 19.7. The molecule has 0 spiro atoms. The molecule has 1 N–H and O–H groups in total. The number of hydrogen-bond donors (Lipinski definition) is 1. The Morgan fingerprint density at radius 2 is 1.90 bits per heavy atom. The fourth-order valence-electron chi connectivity index (χ4n) is 3.94. The molecule has 3 rings (SSSR count). The minimum absolute atomic E-state index is 0.0252. The van der Waals surface area contributed by atoms with E-state index in [-0.39, 0.29) is 36.5 Å². The van der Waals surface area contributed by atoms with Gasteiger partial charge in [-0.3, -0.25) is 19.3 Å². The molecule has 0 aromatic carbocycles. The maximum atomic E-state index is 12.8. The van der Waals surface area contributed by atoms with Crippen molar-refractivity contribution in [3.05, 3.63) is 5.01 Å². The van der Waals surface area contributed by atoms with Crippen LogP contribution >= 0.6 is 11.3 Å². The predicted molar refractivity (Wildman–Crippen MR) is 120 cm³/mol. The molecule has 10 heteroatoms. The van der Waals surface area contributed by atoms with Gasteiger partial charge >= 0.3 is 0 Å². The van der Waals surface area contributed by atoms with Crippen molar-refractivity contribution in [1.29, 1.82) is 0 Å². The summed E-state index contributed by atoms with van der Waals surface area (Å²) in [5, 5.41) is 16.8. The van der Waals surface area contributed by atoms with Gasteiger partial charge in [-0.1, -0.05) is 38.0 Å². The van der Waals surface area contributed by atoms with Gasteiger partial charge in [0.25, 0.3) is 6.47 Å². The Balaban J connectivity index is 0.00000107. The Kier molecular flexibility index (Phi) is 10.3. The first-order valence-electron chi connectivity index (χ1n) is 11.1. The van der Waals surface area contributed by atoms with Gasteiger partial charge in [-0.15, -0.1) is 10.2 Å². The van der Waals surface area contributed by atoms with Gasteiger partial charge in [0.1, 0.15) is 5.01 Å². The second kappa shape index (κ2) is 12.7. The molecule has 0 radical (unpaired) electrons. The number of amides is 2. The average molecular weight is 454 g/mol. The average Bonchev–Trinajstić information content (AvgIpc) is 3.28. The Bertz CT molecular complexity index is 718. The summed E-state index contributed by atoms with van der Waals surface area (Å²) < 4.78 is 0. The van der Waals surface area contributed by atoms with Crippen LogP contribution in [0.15, 0.2) is 0 Å². The van der Waals surface area contributed by atoms with E-state index in [0.29, 0.717) is 11.7 Å². The molecule has 174 valence electrons. The second-order valence-electron chi connectivity index (χ2n) is 8.46. The fourth-order valence-corrected chi connectivity index (χ4v) is 4.81. The van der Waals surface area contributed by atoms with E-state index in [9.17, 15) is 9.59 Å². The van der Waals surface area contributed by atoms with Gasteiger partial charge in [0.15, 0.2) is 0 Å². The van der Waals surface area contributed by atoms with Crippen LogP contribution < -0.4 is 4.90 Å². The second-order valence-corrected chi connectivity index (χ2v) is 9.45. The minimum atomic E-state index is -0.276. The highest BCUT2D eigenvalue weighted by atomic mass is 32.1. The number of anilines is 1. The lowest BCUT2D eigenvalue weighted by molar-refractivity contribution is -0.134. The molecule has 2 amide bonds. The topological polar surface area (TPSA) is 107 Å². The SMILES string of the molecule is CC(C)c1nnc(N2CC(C(=O)N(C)CCCN3CCCCCC3)CC2=O)s1.O=CO. The van der Waals surface area contributed by atoms with Gasteiger partial charge in [-0.2, -0.15) is 0 Å². The lowest BCUT2D eigenvalue weighted by atomic mass is 10.1. The van der Waals surface area contributed by atoms with E-state index in [1.54, 1.807) is 9.80 Å². The van der Waals surface area contributed by atoms with Crippen molar-refractivity contribution in [2.45, 2.75) is 58.3 Å². The molecule has 0 bridgehead atoms. The third kappa shape index (κ3) is 7.53. The van der Waals surface area contributed by atoms with Crippen LogP contribution in [0.2, 0.25) is 0 Å². The number of rotatable bonds is 7. The lowest BCUT2D eigenvalue weighted by Gasteiger charge is -2.24. The predicted octanol–water partition coefficient (Wildman–Crippen LogP) is 2.44. The van der Waals surface area contributed by atoms with Crippen LogP contribution in [0, 0.1) is 5.92 Å². The fraction of sp³-hybridized carbons (Fsp3) is 0.762. The molecule has 0 aliphatic carbocycles. The third-order valence-electron chi connectivity index (χ3n) is 5.67. The molecule has 2 aliphatic rings. The van der Waals surface area contributed by atoms with Crippen molar-refractivity contribution in [3.63, 3.8) is 0 Å². The molecule has 1 aromatic rings. The van der Waals surface area contributed by atoms with Crippen LogP contribution in [0.3, 0.4) is 0 Å². The standard InChI is InChI=1S/C20H33N5O2S.CH2O2/c1-15(2)18-21-22-20(28-18)25-14-16(13-17(25)26)19(27)23(3)9-8-12-24-10-6-4-5-7-11-24;2-1-3/h15-16H,4-14H2,1-3H3;1H,(H,2,3). The highest BCUT2D eigenvalue weighted by Crippen LogP contribution is 2.31. The Morgan fingerprint density at radius 1 is 1.26 bits per heavy atom.